The van der Waals surface area contributed by atoms with Crippen molar-refractivity contribution in [2.45, 2.75) is 0 Å². The summed E-state index contributed by atoms with van der Waals surface area (Å²) in [5.41, 5.74) is 2.40. The summed E-state index contributed by atoms with van der Waals surface area (Å²) in [5, 5.41) is 0. The van der Waals surface area contributed by atoms with Crippen LogP contribution in [0.1, 0.15) is 21.5 Å². The van der Waals surface area contributed by atoms with Crippen LogP contribution >= 0.6 is 0 Å². The second-order valence-corrected chi connectivity index (χ2v) is 6.10. The van der Waals surface area contributed by atoms with E-state index in [2.05, 4.69) is 0 Å². The van der Waals surface area contributed by atoms with Gasteiger partial charge in [-0.1, -0.05) is 42.5 Å². The van der Waals surface area contributed by atoms with Crippen molar-refractivity contribution in [2.24, 2.45) is 0 Å². The van der Waals surface area contributed by atoms with E-state index < -0.39 is 11.9 Å². The fourth-order valence-corrected chi connectivity index (χ4v) is 2.68. The molecule has 5 nitrogen and oxygen atoms in total. The molecule has 0 aliphatic rings. The van der Waals surface area contributed by atoms with Crippen molar-refractivity contribution >= 4 is 23.6 Å². The van der Waals surface area contributed by atoms with Crippen molar-refractivity contribution < 1.29 is 23.8 Å². The highest BCUT2D eigenvalue weighted by atomic mass is 16.5. The molecule has 3 aromatic carbocycles. The van der Waals surface area contributed by atoms with Gasteiger partial charge in [0.1, 0.15) is 11.5 Å². The second-order valence-electron chi connectivity index (χ2n) is 6.10. The molecule has 0 N–H and O–H groups in total. The molecule has 3 rings (SSSR count). The summed E-state index contributed by atoms with van der Waals surface area (Å²) in [7, 11) is 2.91. The number of rotatable bonds is 6. The van der Waals surface area contributed by atoms with Crippen molar-refractivity contribution in [1.29, 1.82) is 0 Å². The van der Waals surface area contributed by atoms with Gasteiger partial charge in [-0.05, 0) is 53.6 Å². The third-order valence-electron chi connectivity index (χ3n) is 4.22. The second kappa shape index (κ2) is 9.37. The fourth-order valence-electron chi connectivity index (χ4n) is 2.68. The molecule has 0 fully saturated rings. The first-order valence-electron chi connectivity index (χ1n) is 8.92. The monoisotopic (exact) mass is 388 g/mol. The van der Waals surface area contributed by atoms with Gasteiger partial charge in [0.15, 0.2) is 0 Å². The maximum Gasteiger partial charge on any atom is 0.343 e. The summed E-state index contributed by atoms with van der Waals surface area (Å²) in [6, 6.07) is 22.8. The number of hydrogen-bond donors (Lipinski definition) is 0. The molecule has 0 aromatic heterocycles. The van der Waals surface area contributed by atoms with Crippen molar-refractivity contribution in [3.05, 3.63) is 95.6 Å². The van der Waals surface area contributed by atoms with E-state index in [0.29, 0.717) is 22.6 Å². The number of esters is 2. The summed E-state index contributed by atoms with van der Waals surface area (Å²) >= 11 is 0. The summed E-state index contributed by atoms with van der Waals surface area (Å²) in [4.78, 5) is 24.4. The van der Waals surface area contributed by atoms with Gasteiger partial charge in [0.05, 0.1) is 25.4 Å². The van der Waals surface area contributed by atoms with Crippen LogP contribution in [-0.2, 0) is 9.53 Å². The fraction of sp³-hybridized carbons (Fsp3) is 0.0833. The van der Waals surface area contributed by atoms with Crippen molar-refractivity contribution in [1.82, 2.24) is 0 Å². The standard InChI is InChI=1S/C24H20O5/c1-27-20-14-10-19(11-15-20)23(25)29-21-12-8-17(9-13-21)16-22(24(26)28-2)18-6-4-3-5-7-18/h3-16H,1-2H3/b22-16-. The molecule has 0 aliphatic heterocycles. The highest BCUT2D eigenvalue weighted by Gasteiger charge is 2.13. The van der Waals surface area contributed by atoms with Crippen LogP contribution in [0, 0.1) is 0 Å². The molecule has 0 amide bonds. The first-order valence-corrected chi connectivity index (χ1v) is 8.92. The van der Waals surface area contributed by atoms with Crippen LogP contribution in [0.2, 0.25) is 0 Å². The van der Waals surface area contributed by atoms with Crippen LogP contribution in [0.4, 0.5) is 0 Å². The van der Waals surface area contributed by atoms with Crippen molar-refractivity contribution in [2.75, 3.05) is 14.2 Å². The molecule has 0 bridgehead atoms. The van der Waals surface area contributed by atoms with E-state index in [4.69, 9.17) is 14.2 Å². The van der Waals surface area contributed by atoms with Gasteiger partial charge in [0, 0.05) is 0 Å². The smallest absolute Gasteiger partial charge is 0.343 e. The van der Waals surface area contributed by atoms with Crippen LogP contribution in [0.5, 0.6) is 11.5 Å². The SMILES string of the molecule is COC(=O)/C(=C\c1ccc(OC(=O)c2ccc(OC)cc2)cc1)c1ccccc1. The zero-order valence-corrected chi connectivity index (χ0v) is 16.1. The van der Waals surface area contributed by atoms with E-state index >= 15 is 0 Å². The van der Waals surface area contributed by atoms with Gasteiger partial charge < -0.3 is 14.2 Å². The maximum atomic E-state index is 12.3. The molecule has 0 spiro atoms. The molecular formula is C24H20O5. The van der Waals surface area contributed by atoms with Crippen LogP contribution in [0.15, 0.2) is 78.9 Å². The number of ether oxygens (including phenoxy) is 3. The first kappa shape index (κ1) is 19.9. The van der Waals surface area contributed by atoms with Gasteiger partial charge in [0.25, 0.3) is 0 Å². The third-order valence-corrected chi connectivity index (χ3v) is 4.22. The number of hydrogen-bond acceptors (Lipinski definition) is 5. The molecule has 0 saturated carbocycles. The Labute approximate surface area is 169 Å². The van der Waals surface area contributed by atoms with Crippen molar-refractivity contribution in [3.63, 3.8) is 0 Å². The van der Waals surface area contributed by atoms with E-state index in [1.165, 1.54) is 7.11 Å². The average molecular weight is 388 g/mol. The topological polar surface area (TPSA) is 61.8 Å². The Balaban J connectivity index is 1.77. The van der Waals surface area contributed by atoms with Gasteiger partial charge in [-0.2, -0.15) is 0 Å². The average Bonchev–Trinajstić information content (AvgIpc) is 2.78. The highest BCUT2D eigenvalue weighted by Crippen LogP contribution is 2.22. The molecular weight excluding hydrogens is 368 g/mol. The Kier molecular flexibility index (Phi) is 6.43. The molecule has 5 heteroatoms. The number of carbonyl (C=O) groups is 2. The zero-order chi connectivity index (χ0) is 20.6. The molecule has 0 heterocycles. The Morgan fingerprint density at radius 2 is 1.34 bits per heavy atom. The molecule has 0 aliphatic carbocycles. The van der Waals surface area contributed by atoms with Crippen LogP contribution in [-0.4, -0.2) is 26.2 Å². The van der Waals surface area contributed by atoms with Gasteiger partial charge in [-0.3, -0.25) is 0 Å². The van der Waals surface area contributed by atoms with E-state index in [1.807, 2.05) is 30.3 Å². The molecule has 3 aromatic rings. The van der Waals surface area contributed by atoms with Gasteiger partial charge in [-0.15, -0.1) is 0 Å². The van der Waals surface area contributed by atoms with Crippen LogP contribution in [0.3, 0.4) is 0 Å². The van der Waals surface area contributed by atoms with Crippen LogP contribution < -0.4 is 9.47 Å². The Morgan fingerprint density at radius 3 is 1.93 bits per heavy atom. The summed E-state index contributed by atoms with van der Waals surface area (Å²) in [5.74, 6) is 0.182. The van der Waals surface area contributed by atoms with Crippen LogP contribution in [0.25, 0.3) is 11.6 Å². The zero-order valence-electron chi connectivity index (χ0n) is 16.1. The first-order chi connectivity index (χ1) is 14.1. The predicted octanol–water partition coefficient (Wildman–Crippen LogP) is 4.63. The summed E-state index contributed by atoms with van der Waals surface area (Å²) in [6.45, 7) is 0. The van der Waals surface area contributed by atoms with E-state index in [9.17, 15) is 9.59 Å². The minimum absolute atomic E-state index is 0.405. The quantitative estimate of drug-likeness (QED) is 0.267. The summed E-state index contributed by atoms with van der Waals surface area (Å²) in [6.07, 6.45) is 1.73. The van der Waals surface area contributed by atoms with E-state index in [0.717, 1.165) is 11.1 Å². The van der Waals surface area contributed by atoms with E-state index in [1.54, 1.807) is 61.7 Å². The normalized spacial score (nSPS) is 10.9. The molecule has 0 atom stereocenters. The molecule has 0 saturated heterocycles. The third kappa shape index (κ3) is 5.11. The molecule has 29 heavy (non-hydrogen) atoms. The maximum absolute atomic E-state index is 12.3. The largest absolute Gasteiger partial charge is 0.497 e. The molecule has 146 valence electrons. The Morgan fingerprint density at radius 1 is 0.724 bits per heavy atom. The lowest BCUT2D eigenvalue weighted by Gasteiger charge is -2.07. The number of methoxy groups -OCH3 is 2. The van der Waals surface area contributed by atoms with E-state index in [-0.39, 0.29) is 0 Å². The number of benzene rings is 3. The molecule has 0 unspecified atom stereocenters. The lowest BCUT2D eigenvalue weighted by Crippen LogP contribution is -2.08. The molecule has 0 radical (unpaired) electrons. The lowest BCUT2D eigenvalue weighted by molar-refractivity contribution is -0.133. The summed E-state index contributed by atoms with van der Waals surface area (Å²) < 4.78 is 15.4. The number of carbonyl (C=O) groups excluding carboxylic acids is 2. The highest BCUT2D eigenvalue weighted by molar-refractivity contribution is 6.21. The predicted molar refractivity (Wildman–Crippen MR) is 111 cm³/mol. The van der Waals surface area contributed by atoms with Gasteiger partial charge >= 0.3 is 11.9 Å². The Bertz CT molecular complexity index is 1000. The minimum atomic E-state index is -0.463. The van der Waals surface area contributed by atoms with Gasteiger partial charge in [0.2, 0.25) is 0 Å². The minimum Gasteiger partial charge on any atom is -0.497 e. The van der Waals surface area contributed by atoms with Crippen molar-refractivity contribution in [3.8, 4) is 11.5 Å². The van der Waals surface area contributed by atoms with Gasteiger partial charge in [-0.25, -0.2) is 9.59 Å². The lowest BCUT2D eigenvalue weighted by atomic mass is 10.0. The Hall–Kier alpha value is -3.86.